The van der Waals surface area contributed by atoms with E-state index in [4.69, 9.17) is 0 Å². The number of aryl methyl sites for hydroxylation is 1. The second-order valence-electron chi connectivity index (χ2n) is 8.97. The maximum atomic E-state index is 13.1. The Bertz CT molecular complexity index is 1030. The summed E-state index contributed by atoms with van der Waals surface area (Å²) in [7, 11) is -3.57. The van der Waals surface area contributed by atoms with Crippen LogP contribution in [0.1, 0.15) is 53.6 Å². The zero-order chi connectivity index (χ0) is 22.6. The highest BCUT2D eigenvalue weighted by molar-refractivity contribution is 7.89. The van der Waals surface area contributed by atoms with E-state index in [0.29, 0.717) is 18.7 Å². The van der Waals surface area contributed by atoms with Crippen LogP contribution in [0.4, 0.5) is 0 Å². The van der Waals surface area contributed by atoms with Gasteiger partial charge in [0.05, 0.1) is 4.90 Å². The van der Waals surface area contributed by atoms with Crippen LogP contribution in [-0.2, 0) is 16.6 Å². The Hall–Kier alpha value is -2.22. The van der Waals surface area contributed by atoms with Gasteiger partial charge in [0.1, 0.15) is 0 Å². The third kappa shape index (κ3) is 5.39. The number of hydrogen-bond donors (Lipinski definition) is 1. The SMILES string of the molecule is Cc1ccc(S(=O)(=O)N2CCCCC2)cc1C(=O)NC1CCCN(Cc2ccccc2)C1. The quantitative estimate of drug-likeness (QED) is 0.723. The van der Waals surface area contributed by atoms with Crippen molar-refractivity contribution < 1.29 is 13.2 Å². The van der Waals surface area contributed by atoms with Crippen LogP contribution in [0.2, 0.25) is 0 Å². The minimum Gasteiger partial charge on any atom is -0.348 e. The normalized spacial score (nSPS) is 20.7. The van der Waals surface area contributed by atoms with E-state index in [0.717, 1.165) is 57.3 Å². The molecule has 2 fully saturated rings. The smallest absolute Gasteiger partial charge is 0.251 e. The highest BCUT2D eigenvalue weighted by Gasteiger charge is 2.28. The number of carbonyl (C=O) groups excluding carboxylic acids is 1. The van der Waals surface area contributed by atoms with Gasteiger partial charge in [-0.25, -0.2) is 8.42 Å². The zero-order valence-corrected chi connectivity index (χ0v) is 19.6. The molecule has 4 rings (SSSR count). The van der Waals surface area contributed by atoms with Gasteiger partial charge in [-0.15, -0.1) is 0 Å². The van der Waals surface area contributed by atoms with Crippen molar-refractivity contribution in [3.63, 3.8) is 0 Å². The van der Waals surface area contributed by atoms with Crippen LogP contribution in [0.3, 0.4) is 0 Å². The molecular weight excluding hydrogens is 422 g/mol. The lowest BCUT2D eigenvalue weighted by molar-refractivity contribution is 0.0900. The van der Waals surface area contributed by atoms with Crippen LogP contribution < -0.4 is 5.32 Å². The van der Waals surface area contributed by atoms with Crippen molar-refractivity contribution in [2.75, 3.05) is 26.2 Å². The van der Waals surface area contributed by atoms with Crippen LogP contribution >= 0.6 is 0 Å². The molecule has 0 aliphatic carbocycles. The van der Waals surface area contributed by atoms with Crippen molar-refractivity contribution in [1.29, 1.82) is 0 Å². The highest BCUT2D eigenvalue weighted by atomic mass is 32.2. The Labute approximate surface area is 191 Å². The maximum Gasteiger partial charge on any atom is 0.251 e. The van der Waals surface area contributed by atoms with Gasteiger partial charge in [-0.3, -0.25) is 9.69 Å². The lowest BCUT2D eigenvalue weighted by atomic mass is 10.0. The molecule has 1 atom stereocenters. The molecule has 1 amide bonds. The van der Waals surface area contributed by atoms with Crippen LogP contribution in [0, 0.1) is 6.92 Å². The van der Waals surface area contributed by atoms with Gasteiger partial charge in [-0.1, -0.05) is 42.8 Å². The summed E-state index contributed by atoms with van der Waals surface area (Å²) in [4.78, 5) is 15.7. The fraction of sp³-hybridized carbons (Fsp3) is 0.480. The van der Waals surface area contributed by atoms with Crippen molar-refractivity contribution in [2.24, 2.45) is 0 Å². The summed E-state index contributed by atoms with van der Waals surface area (Å²) in [5.74, 6) is -0.190. The largest absolute Gasteiger partial charge is 0.348 e. The first kappa shape index (κ1) is 23.0. The lowest BCUT2D eigenvalue weighted by Crippen LogP contribution is -2.47. The number of nitrogens with one attached hydrogen (secondary N) is 1. The molecule has 7 heteroatoms. The monoisotopic (exact) mass is 455 g/mol. The van der Waals surface area contributed by atoms with E-state index in [9.17, 15) is 13.2 Å². The summed E-state index contributed by atoms with van der Waals surface area (Å²) in [6, 6.07) is 15.3. The molecule has 0 bridgehead atoms. The average Bonchev–Trinajstić information content (AvgIpc) is 2.80. The molecular formula is C25H33N3O3S. The molecule has 0 aromatic heterocycles. The van der Waals surface area contributed by atoms with Crippen molar-refractivity contribution in [1.82, 2.24) is 14.5 Å². The molecule has 0 radical (unpaired) electrons. The van der Waals surface area contributed by atoms with E-state index >= 15 is 0 Å². The third-order valence-electron chi connectivity index (χ3n) is 6.50. The lowest BCUT2D eigenvalue weighted by Gasteiger charge is -2.33. The molecule has 2 aliphatic rings. The second kappa shape index (κ2) is 10.1. The molecule has 2 aromatic carbocycles. The molecule has 6 nitrogen and oxygen atoms in total. The number of amides is 1. The van der Waals surface area contributed by atoms with E-state index in [-0.39, 0.29) is 16.8 Å². The highest BCUT2D eigenvalue weighted by Crippen LogP contribution is 2.23. The maximum absolute atomic E-state index is 13.1. The van der Waals surface area contributed by atoms with E-state index in [1.54, 1.807) is 22.5 Å². The number of rotatable bonds is 6. The number of carbonyl (C=O) groups is 1. The first-order chi connectivity index (χ1) is 15.4. The first-order valence-electron chi connectivity index (χ1n) is 11.6. The molecule has 1 N–H and O–H groups in total. The summed E-state index contributed by atoms with van der Waals surface area (Å²) < 4.78 is 27.7. The number of piperidine rings is 2. The number of hydrogen-bond acceptors (Lipinski definition) is 4. The van der Waals surface area contributed by atoms with Gasteiger partial charge in [0.15, 0.2) is 0 Å². The Kier molecular flexibility index (Phi) is 7.28. The van der Waals surface area contributed by atoms with Crippen molar-refractivity contribution >= 4 is 15.9 Å². The van der Waals surface area contributed by atoms with Crippen LogP contribution in [-0.4, -0.2) is 55.8 Å². The van der Waals surface area contributed by atoms with Crippen LogP contribution in [0.25, 0.3) is 0 Å². The van der Waals surface area contributed by atoms with Crippen LogP contribution in [0.15, 0.2) is 53.4 Å². The number of nitrogens with zero attached hydrogens (tertiary/aromatic N) is 2. The van der Waals surface area contributed by atoms with E-state index in [1.807, 2.05) is 25.1 Å². The van der Waals surface area contributed by atoms with Crippen molar-refractivity contribution in [3.05, 3.63) is 65.2 Å². The summed E-state index contributed by atoms with van der Waals surface area (Å²) in [5.41, 5.74) is 2.51. The molecule has 172 valence electrons. The Balaban J connectivity index is 1.44. The zero-order valence-electron chi connectivity index (χ0n) is 18.8. The van der Waals surface area contributed by atoms with Gasteiger partial charge in [-0.2, -0.15) is 4.31 Å². The van der Waals surface area contributed by atoms with E-state index < -0.39 is 10.0 Å². The minimum atomic E-state index is -3.57. The molecule has 2 aromatic rings. The molecule has 2 saturated heterocycles. The molecule has 32 heavy (non-hydrogen) atoms. The Morgan fingerprint density at radius 1 is 1.00 bits per heavy atom. The first-order valence-corrected chi connectivity index (χ1v) is 13.1. The van der Waals surface area contributed by atoms with Gasteiger partial charge in [0, 0.05) is 37.8 Å². The van der Waals surface area contributed by atoms with Gasteiger partial charge >= 0.3 is 0 Å². The van der Waals surface area contributed by atoms with Gasteiger partial charge in [0.2, 0.25) is 10.0 Å². The summed E-state index contributed by atoms with van der Waals surface area (Å²) in [6.45, 7) is 5.65. The Morgan fingerprint density at radius 3 is 2.50 bits per heavy atom. The fourth-order valence-electron chi connectivity index (χ4n) is 4.68. The number of sulfonamides is 1. The summed E-state index contributed by atoms with van der Waals surface area (Å²) in [6.07, 6.45) is 4.80. The second-order valence-corrected chi connectivity index (χ2v) is 10.9. The topological polar surface area (TPSA) is 69.7 Å². The molecule has 2 aliphatic heterocycles. The minimum absolute atomic E-state index is 0.0571. The van der Waals surface area contributed by atoms with Gasteiger partial charge < -0.3 is 5.32 Å². The van der Waals surface area contributed by atoms with E-state index in [1.165, 1.54) is 5.56 Å². The summed E-state index contributed by atoms with van der Waals surface area (Å²) in [5, 5.41) is 3.16. The van der Waals surface area contributed by atoms with Crippen LogP contribution in [0.5, 0.6) is 0 Å². The predicted octanol–water partition coefficient (Wildman–Crippen LogP) is 3.56. The van der Waals surface area contributed by atoms with E-state index in [2.05, 4.69) is 22.3 Å². The predicted molar refractivity (Wildman–Crippen MR) is 126 cm³/mol. The third-order valence-corrected chi connectivity index (χ3v) is 8.39. The molecule has 1 unspecified atom stereocenters. The van der Waals surface area contributed by atoms with Crippen molar-refractivity contribution in [2.45, 2.75) is 56.5 Å². The molecule has 2 heterocycles. The van der Waals surface area contributed by atoms with Gasteiger partial charge in [-0.05, 0) is 62.4 Å². The van der Waals surface area contributed by atoms with Crippen molar-refractivity contribution in [3.8, 4) is 0 Å². The summed E-state index contributed by atoms with van der Waals surface area (Å²) >= 11 is 0. The molecule has 0 spiro atoms. The number of benzene rings is 2. The fourth-order valence-corrected chi connectivity index (χ4v) is 6.23. The molecule has 0 saturated carbocycles. The number of likely N-dealkylation sites (tertiary alicyclic amines) is 1. The van der Waals surface area contributed by atoms with Gasteiger partial charge in [0.25, 0.3) is 5.91 Å². The Morgan fingerprint density at radius 2 is 1.75 bits per heavy atom. The standard InChI is InChI=1S/C25H33N3O3S/c1-20-12-13-23(32(30,31)28-15-6-3-7-16-28)17-24(20)25(29)26-22-11-8-14-27(19-22)18-21-9-4-2-5-10-21/h2,4-5,9-10,12-13,17,22H,3,6-8,11,14-16,18-19H2,1H3,(H,26,29). The average molecular weight is 456 g/mol.